The van der Waals surface area contributed by atoms with Crippen molar-refractivity contribution in [2.24, 2.45) is 11.8 Å². The number of nitrogens with zero attached hydrogens (tertiary/aromatic N) is 3. The third-order valence-corrected chi connectivity index (χ3v) is 9.98. The van der Waals surface area contributed by atoms with E-state index in [2.05, 4.69) is 24.1 Å². The molecule has 1 saturated heterocycles. The molecular formula is C26H35F3N4O3S2. The van der Waals surface area contributed by atoms with Crippen LogP contribution in [0.3, 0.4) is 0 Å². The van der Waals surface area contributed by atoms with Crippen LogP contribution in [0.2, 0.25) is 0 Å². The molecule has 38 heavy (non-hydrogen) atoms. The van der Waals surface area contributed by atoms with Crippen LogP contribution in [-0.2, 0) is 27.6 Å². The van der Waals surface area contributed by atoms with Gasteiger partial charge in [-0.3, -0.25) is 14.6 Å². The Bertz CT molecular complexity index is 1220. The van der Waals surface area contributed by atoms with Crippen molar-refractivity contribution < 1.29 is 26.4 Å². The Morgan fingerprint density at radius 2 is 1.84 bits per heavy atom. The first-order valence-electron chi connectivity index (χ1n) is 13.0. The summed E-state index contributed by atoms with van der Waals surface area (Å²) < 4.78 is 62.1. The number of hydrogen-bond donors (Lipinski definition) is 1. The van der Waals surface area contributed by atoms with Gasteiger partial charge >= 0.3 is 6.18 Å². The van der Waals surface area contributed by atoms with Crippen molar-refractivity contribution in [2.75, 3.05) is 37.2 Å². The zero-order valence-electron chi connectivity index (χ0n) is 21.9. The number of thiazole rings is 1. The fraction of sp³-hybridized carbons (Fsp3) is 0.615. The van der Waals surface area contributed by atoms with Crippen LogP contribution in [0.25, 0.3) is 0 Å². The number of carbonyl (C=O) groups is 1. The number of likely N-dealkylation sites (tertiary alicyclic amines) is 1. The third kappa shape index (κ3) is 7.13. The minimum Gasteiger partial charge on any atom is -0.302 e. The van der Waals surface area contributed by atoms with E-state index in [0.29, 0.717) is 35.6 Å². The lowest BCUT2D eigenvalue weighted by atomic mass is 9.94. The number of halogens is 3. The summed E-state index contributed by atoms with van der Waals surface area (Å²) in [5.41, 5.74) is 1.69. The summed E-state index contributed by atoms with van der Waals surface area (Å²) in [6.45, 7) is 7.53. The maximum Gasteiger partial charge on any atom is 0.401 e. The van der Waals surface area contributed by atoms with Gasteiger partial charge in [0.25, 0.3) is 0 Å². The lowest BCUT2D eigenvalue weighted by Crippen LogP contribution is -2.42. The highest BCUT2D eigenvalue weighted by atomic mass is 32.2. The molecule has 2 aliphatic rings. The number of aromatic nitrogens is 1. The summed E-state index contributed by atoms with van der Waals surface area (Å²) >= 11 is 1.47. The minimum atomic E-state index is -4.15. The molecule has 2 aliphatic heterocycles. The van der Waals surface area contributed by atoms with E-state index in [0.717, 1.165) is 36.5 Å². The molecule has 1 aromatic heterocycles. The monoisotopic (exact) mass is 572 g/mol. The molecule has 0 bridgehead atoms. The van der Waals surface area contributed by atoms with Crippen molar-refractivity contribution in [3.05, 3.63) is 40.4 Å². The van der Waals surface area contributed by atoms with Crippen LogP contribution in [0.4, 0.5) is 18.3 Å². The second-order valence-corrected chi connectivity index (χ2v) is 13.9. The van der Waals surface area contributed by atoms with Crippen LogP contribution in [0, 0.1) is 11.8 Å². The molecule has 4 rings (SSSR count). The van der Waals surface area contributed by atoms with Crippen molar-refractivity contribution in [3.63, 3.8) is 0 Å². The number of benzene rings is 1. The van der Waals surface area contributed by atoms with Gasteiger partial charge in [-0.25, -0.2) is 13.4 Å². The average Bonchev–Trinajstić information content (AvgIpc) is 3.35. The second-order valence-electron chi connectivity index (χ2n) is 10.6. The number of carbonyl (C=O) groups excluding carboxylic acids is 1. The van der Waals surface area contributed by atoms with Crippen molar-refractivity contribution >= 4 is 32.2 Å². The summed E-state index contributed by atoms with van der Waals surface area (Å²) in [4.78, 5) is 22.7. The van der Waals surface area contributed by atoms with Crippen molar-refractivity contribution in [2.45, 2.75) is 63.7 Å². The first-order valence-corrected chi connectivity index (χ1v) is 15.5. The molecule has 0 radical (unpaired) electrons. The van der Waals surface area contributed by atoms with Gasteiger partial charge < -0.3 is 5.32 Å². The molecule has 3 heterocycles. The molecule has 1 N–H and O–H groups in total. The molecular weight excluding hydrogens is 537 g/mol. The normalized spacial score (nSPS) is 19.7. The number of hydrogen-bond acceptors (Lipinski definition) is 7. The zero-order valence-corrected chi connectivity index (χ0v) is 23.6. The molecule has 0 aliphatic carbocycles. The van der Waals surface area contributed by atoms with Gasteiger partial charge in [0.2, 0.25) is 5.91 Å². The van der Waals surface area contributed by atoms with Crippen molar-refractivity contribution in [1.29, 1.82) is 0 Å². The van der Waals surface area contributed by atoms with Gasteiger partial charge in [0.1, 0.15) is 0 Å². The highest BCUT2D eigenvalue weighted by Crippen LogP contribution is 2.43. The van der Waals surface area contributed by atoms with Gasteiger partial charge in [-0.2, -0.15) is 13.2 Å². The van der Waals surface area contributed by atoms with Crippen LogP contribution in [0.5, 0.6) is 0 Å². The highest BCUT2D eigenvalue weighted by molar-refractivity contribution is 7.91. The molecule has 0 spiro atoms. The highest BCUT2D eigenvalue weighted by Gasteiger charge is 2.38. The number of rotatable bonds is 9. The van der Waals surface area contributed by atoms with E-state index in [-0.39, 0.29) is 29.0 Å². The van der Waals surface area contributed by atoms with Gasteiger partial charge in [-0.15, -0.1) is 11.3 Å². The summed E-state index contributed by atoms with van der Waals surface area (Å²) in [5.74, 6) is 0.460. The lowest BCUT2D eigenvalue weighted by Gasteiger charge is -2.36. The van der Waals surface area contributed by atoms with E-state index in [9.17, 15) is 26.4 Å². The van der Waals surface area contributed by atoms with E-state index in [1.165, 1.54) is 28.4 Å². The minimum absolute atomic E-state index is 0.0254. The smallest absolute Gasteiger partial charge is 0.302 e. The summed E-state index contributed by atoms with van der Waals surface area (Å²) in [7, 11) is -3.28. The SMILES string of the molecule is CCS(=O)(=O)c1ccc(CC(=O)Nc2nc3c(s2)CN(CC2CCN(CC(F)(F)F)CC2)[C@H]3C(C)C)cc1. The Labute approximate surface area is 226 Å². The van der Waals surface area contributed by atoms with Gasteiger partial charge in [-0.05, 0) is 55.5 Å². The quantitative estimate of drug-likeness (QED) is 0.460. The van der Waals surface area contributed by atoms with Crippen molar-refractivity contribution in [3.8, 4) is 0 Å². The Kier molecular flexibility index (Phi) is 8.85. The number of nitrogens with one attached hydrogen (secondary N) is 1. The largest absolute Gasteiger partial charge is 0.401 e. The topological polar surface area (TPSA) is 82.6 Å². The number of alkyl halides is 3. The number of fused-ring (bicyclic) bond motifs is 1. The van der Waals surface area contributed by atoms with Crippen LogP contribution in [0.15, 0.2) is 29.2 Å². The molecule has 1 atom stereocenters. The molecule has 0 unspecified atom stereocenters. The first-order chi connectivity index (χ1) is 17.8. The van der Waals surface area contributed by atoms with Crippen LogP contribution < -0.4 is 5.32 Å². The second kappa shape index (κ2) is 11.6. The Morgan fingerprint density at radius 1 is 1.18 bits per heavy atom. The molecule has 210 valence electrons. The zero-order chi connectivity index (χ0) is 27.7. The predicted molar refractivity (Wildman–Crippen MR) is 142 cm³/mol. The van der Waals surface area contributed by atoms with Gasteiger partial charge in [0.15, 0.2) is 15.0 Å². The van der Waals surface area contributed by atoms with Gasteiger partial charge in [0.05, 0.1) is 35.3 Å². The van der Waals surface area contributed by atoms with Crippen LogP contribution in [0.1, 0.15) is 55.8 Å². The van der Waals surface area contributed by atoms with E-state index in [4.69, 9.17) is 4.98 Å². The molecule has 12 heteroatoms. The number of sulfone groups is 1. The van der Waals surface area contributed by atoms with Crippen molar-refractivity contribution in [1.82, 2.24) is 14.8 Å². The standard InChI is InChI=1S/C26H35F3N4O3S2/c1-4-38(35,36)20-7-5-18(6-8-20)13-22(34)30-25-31-23-21(37-25)15-33(24(23)17(2)3)14-19-9-11-32(12-10-19)16-26(27,28)29/h5-8,17,19,24H,4,9-16H2,1-3H3,(H,30,31,34)/t24-/m0/s1. The summed E-state index contributed by atoms with van der Waals surface area (Å²) in [6, 6.07) is 6.48. The Morgan fingerprint density at radius 3 is 2.42 bits per heavy atom. The Balaban J connectivity index is 1.33. The fourth-order valence-corrected chi connectivity index (χ4v) is 7.30. The van der Waals surface area contributed by atoms with Crippen LogP contribution >= 0.6 is 11.3 Å². The van der Waals surface area contributed by atoms with Gasteiger partial charge in [-0.1, -0.05) is 32.9 Å². The maximum absolute atomic E-state index is 12.7. The molecule has 1 aromatic carbocycles. The summed E-state index contributed by atoms with van der Waals surface area (Å²) in [6.07, 6.45) is -2.53. The van der Waals surface area contributed by atoms with E-state index >= 15 is 0 Å². The molecule has 7 nitrogen and oxygen atoms in total. The van der Waals surface area contributed by atoms with Crippen LogP contribution in [-0.4, -0.2) is 67.2 Å². The van der Waals surface area contributed by atoms with Gasteiger partial charge in [0, 0.05) is 18.0 Å². The number of piperidine rings is 1. The molecule has 0 saturated carbocycles. The molecule has 2 aromatic rings. The molecule has 1 amide bonds. The third-order valence-electron chi connectivity index (χ3n) is 7.26. The summed E-state index contributed by atoms with van der Waals surface area (Å²) in [5, 5.41) is 3.44. The number of amides is 1. The first kappa shape index (κ1) is 29.0. The van der Waals surface area contributed by atoms with E-state index < -0.39 is 22.6 Å². The Hall–Kier alpha value is -2.02. The predicted octanol–water partition coefficient (Wildman–Crippen LogP) is 4.90. The lowest BCUT2D eigenvalue weighted by molar-refractivity contribution is -0.148. The maximum atomic E-state index is 12.7. The van der Waals surface area contributed by atoms with E-state index in [1.807, 2.05) is 0 Å². The molecule has 1 fully saturated rings. The number of anilines is 1. The van der Waals surface area contributed by atoms with E-state index in [1.54, 1.807) is 19.1 Å². The average molecular weight is 573 g/mol. The fourth-order valence-electron chi connectivity index (χ4n) is 5.38.